The molecule has 0 spiro atoms. The summed E-state index contributed by atoms with van der Waals surface area (Å²) in [5.74, 6) is -0.939. The lowest BCUT2D eigenvalue weighted by atomic mass is 9.98. The molecule has 174 valence electrons. The lowest BCUT2D eigenvalue weighted by Crippen LogP contribution is -2.47. The Morgan fingerprint density at radius 3 is 2.30 bits per heavy atom. The maximum absolute atomic E-state index is 12.8. The average Bonchev–Trinajstić information content (AvgIpc) is 3.35. The van der Waals surface area contributed by atoms with Crippen LogP contribution in [-0.2, 0) is 14.3 Å². The molecular formula is C25H28N2O5S. The Balaban J connectivity index is 1.36. The van der Waals surface area contributed by atoms with Gasteiger partial charge in [-0.1, -0.05) is 55.5 Å². The van der Waals surface area contributed by atoms with E-state index in [1.807, 2.05) is 38.1 Å². The average molecular weight is 469 g/mol. The van der Waals surface area contributed by atoms with E-state index in [2.05, 4.69) is 29.6 Å². The maximum Gasteiger partial charge on any atom is 0.407 e. The summed E-state index contributed by atoms with van der Waals surface area (Å²) in [4.78, 5) is 38.3. The summed E-state index contributed by atoms with van der Waals surface area (Å²) in [6.07, 6.45) is -0.00607. The first-order valence-corrected chi connectivity index (χ1v) is 12.2. The largest absolute Gasteiger partial charge is 0.480 e. The summed E-state index contributed by atoms with van der Waals surface area (Å²) in [5.41, 5.74) is 4.58. The number of carbonyl (C=O) groups excluding carboxylic acids is 2. The molecule has 2 N–H and O–H groups in total. The second-order valence-electron chi connectivity index (χ2n) is 8.37. The summed E-state index contributed by atoms with van der Waals surface area (Å²) in [7, 11) is 0. The Morgan fingerprint density at radius 1 is 1.12 bits per heavy atom. The Bertz CT molecular complexity index is 1010. The van der Waals surface area contributed by atoms with Gasteiger partial charge in [-0.15, -0.1) is 11.8 Å². The number of hydrogen-bond donors (Lipinski definition) is 2. The number of benzene rings is 2. The molecule has 0 radical (unpaired) electrons. The molecule has 4 rings (SSSR count). The zero-order valence-corrected chi connectivity index (χ0v) is 19.5. The van der Waals surface area contributed by atoms with Gasteiger partial charge in [-0.3, -0.25) is 4.79 Å². The molecule has 2 aromatic carbocycles. The molecule has 1 saturated heterocycles. The van der Waals surface area contributed by atoms with Gasteiger partial charge in [-0.05, 0) is 35.6 Å². The van der Waals surface area contributed by atoms with Crippen molar-refractivity contribution in [2.24, 2.45) is 0 Å². The van der Waals surface area contributed by atoms with Crippen molar-refractivity contribution < 1.29 is 24.2 Å². The molecule has 2 amide bonds. The van der Waals surface area contributed by atoms with Gasteiger partial charge in [0.15, 0.2) is 0 Å². The number of amides is 2. The number of nitrogens with one attached hydrogen (secondary N) is 1. The van der Waals surface area contributed by atoms with E-state index in [0.29, 0.717) is 12.2 Å². The third-order valence-corrected chi connectivity index (χ3v) is 7.59. The minimum atomic E-state index is -1.00. The quantitative estimate of drug-likeness (QED) is 0.636. The van der Waals surface area contributed by atoms with Crippen molar-refractivity contribution in [3.8, 4) is 11.1 Å². The molecule has 1 heterocycles. The van der Waals surface area contributed by atoms with E-state index in [-0.39, 0.29) is 30.2 Å². The second-order valence-corrected chi connectivity index (χ2v) is 9.72. The van der Waals surface area contributed by atoms with Gasteiger partial charge in [0.25, 0.3) is 0 Å². The summed E-state index contributed by atoms with van der Waals surface area (Å²) in [6.45, 7) is 3.90. The number of thioether (sulfide) groups is 1. The highest BCUT2D eigenvalue weighted by Gasteiger charge is 2.40. The monoisotopic (exact) mass is 468 g/mol. The van der Waals surface area contributed by atoms with Crippen LogP contribution >= 0.6 is 11.8 Å². The topological polar surface area (TPSA) is 95.9 Å². The van der Waals surface area contributed by atoms with E-state index in [1.165, 1.54) is 16.7 Å². The molecule has 0 aromatic heterocycles. The van der Waals surface area contributed by atoms with Crippen LogP contribution in [0.3, 0.4) is 0 Å². The van der Waals surface area contributed by atoms with Crippen LogP contribution in [0, 0.1) is 0 Å². The number of nitrogens with zero attached hydrogens (tertiary/aromatic N) is 1. The Kier molecular flexibility index (Phi) is 6.93. The second kappa shape index (κ2) is 9.87. The molecule has 2 aromatic rings. The number of hydrogen-bond acceptors (Lipinski definition) is 5. The third-order valence-electron chi connectivity index (χ3n) is 6.38. The number of aliphatic carboxylic acids is 1. The van der Waals surface area contributed by atoms with Gasteiger partial charge < -0.3 is 20.1 Å². The van der Waals surface area contributed by atoms with Crippen LogP contribution in [0.1, 0.15) is 43.7 Å². The van der Waals surface area contributed by atoms with Crippen LogP contribution in [0.15, 0.2) is 48.5 Å². The molecule has 1 aliphatic carbocycles. The first kappa shape index (κ1) is 23.2. The highest BCUT2D eigenvalue weighted by molar-refractivity contribution is 8.00. The van der Waals surface area contributed by atoms with E-state index < -0.39 is 24.1 Å². The van der Waals surface area contributed by atoms with Crippen molar-refractivity contribution in [2.45, 2.75) is 50.1 Å². The van der Waals surface area contributed by atoms with Gasteiger partial charge in [0.05, 0.1) is 5.37 Å². The highest BCUT2D eigenvalue weighted by atomic mass is 32.2. The first-order chi connectivity index (χ1) is 15.9. The van der Waals surface area contributed by atoms with Crippen LogP contribution in [0.2, 0.25) is 0 Å². The summed E-state index contributed by atoms with van der Waals surface area (Å²) in [6, 6.07) is 15.0. The number of carboxylic acids is 1. The first-order valence-electron chi connectivity index (χ1n) is 11.2. The van der Waals surface area contributed by atoms with Gasteiger partial charge in [0, 0.05) is 24.1 Å². The van der Waals surface area contributed by atoms with E-state index >= 15 is 0 Å². The molecule has 3 atom stereocenters. The predicted octanol–water partition coefficient (Wildman–Crippen LogP) is 4.07. The minimum Gasteiger partial charge on any atom is -0.480 e. The number of ether oxygens (including phenoxy) is 1. The van der Waals surface area contributed by atoms with Crippen LogP contribution in [0.4, 0.5) is 4.79 Å². The number of carbonyl (C=O) groups is 3. The highest BCUT2D eigenvalue weighted by Crippen LogP contribution is 2.44. The summed E-state index contributed by atoms with van der Waals surface area (Å²) in [5, 5.41) is 12.0. The fourth-order valence-corrected chi connectivity index (χ4v) is 5.82. The predicted molar refractivity (Wildman–Crippen MR) is 127 cm³/mol. The van der Waals surface area contributed by atoms with E-state index in [4.69, 9.17) is 4.74 Å². The molecule has 8 heteroatoms. The van der Waals surface area contributed by atoms with Crippen LogP contribution < -0.4 is 5.32 Å². The van der Waals surface area contributed by atoms with Crippen molar-refractivity contribution in [2.75, 3.05) is 12.4 Å². The smallest absolute Gasteiger partial charge is 0.407 e. The molecule has 1 fully saturated rings. The van der Waals surface area contributed by atoms with E-state index in [0.717, 1.165) is 22.3 Å². The lowest BCUT2D eigenvalue weighted by Gasteiger charge is -2.27. The van der Waals surface area contributed by atoms with Crippen molar-refractivity contribution in [3.05, 3.63) is 59.7 Å². The van der Waals surface area contributed by atoms with Crippen molar-refractivity contribution >= 4 is 29.7 Å². The molecule has 2 aliphatic rings. The van der Waals surface area contributed by atoms with Crippen molar-refractivity contribution in [1.82, 2.24) is 10.2 Å². The Labute approximate surface area is 197 Å². The molecule has 1 aliphatic heterocycles. The summed E-state index contributed by atoms with van der Waals surface area (Å²) >= 11 is 1.44. The third kappa shape index (κ3) is 4.71. The normalized spacial score (nSPS) is 20.1. The number of rotatable bonds is 7. The molecule has 0 bridgehead atoms. The van der Waals surface area contributed by atoms with Crippen molar-refractivity contribution in [3.63, 3.8) is 0 Å². The molecule has 7 nitrogen and oxygen atoms in total. The van der Waals surface area contributed by atoms with Crippen LogP contribution in [-0.4, -0.2) is 57.8 Å². The minimum absolute atomic E-state index is 0.0371. The molecule has 2 unspecified atom stereocenters. The molecular weight excluding hydrogens is 440 g/mol. The van der Waals surface area contributed by atoms with E-state index in [9.17, 15) is 19.5 Å². The maximum atomic E-state index is 12.8. The lowest BCUT2D eigenvalue weighted by molar-refractivity contribution is -0.149. The number of fused-ring (bicyclic) bond motifs is 3. The fourth-order valence-electron chi connectivity index (χ4n) is 4.63. The zero-order valence-electron chi connectivity index (χ0n) is 18.7. The van der Waals surface area contributed by atoms with Gasteiger partial charge >= 0.3 is 12.1 Å². The van der Waals surface area contributed by atoms with Gasteiger partial charge in [0.1, 0.15) is 12.6 Å². The van der Waals surface area contributed by atoms with Gasteiger partial charge in [0.2, 0.25) is 5.91 Å². The van der Waals surface area contributed by atoms with Gasteiger partial charge in [-0.25, -0.2) is 9.59 Å². The zero-order chi connectivity index (χ0) is 23.5. The number of alkyl carbamates (subject to hydrolysis) is 1. The molecule has 0 saturated carbocycles. The fraction of sp³-hybridized carbons (Fsp3) is 0.400. The van der Waals surface area contributed by atoms with Crippen molar-refractivity contribution in [1.29, 1.82) is 0 Å². The van der Waals surface area contributed by atoms with Gasteiger partial charge in [-0.2, -0.15) is 0 Å². The standard InChI is InChI=1S/C25H28N2O5S/c1-3-16(12-23(28)27-15(2)33-14-22(27)24(29)30)26-25(31)32-13-21-19-10-6-4-8-17(19)18-9-5-7-11-20(18)21/h4-11,15-16,21-22H,3,12-14H2,1-2H3,(H,26,31)(H,29,30)/t15?,16-,22?/m1/s1. The van der Waals surface area contributed by atoms with Crippen LogP contribution in [0.5, 0.6) is 0 Å². The Hall–Kier alpha value is -3.00. The molecule has 33 heavy (non-hydrogen) atoms. The summed E-state index contributed by atoms with van der Waals surface area (Å²) < 4.78 is 5.59. The van der Waals surface area contributed by atoms with E-state index in [1.54, 1.807) is 0 Å². The number of carboxylic acid groups (broad SMARTS) is 1. The Morgan fingerprint density at radius 2 is 1.73 bits per heavy atom. The van der Waals surface area contributed by atoms with Crippen LogP contribution in [0.25, 0.3) is 11.1 Å². The SMILES string of the molecule is CC[C@H](CC(=O)N1C(C)SCC1C(=O)O)NC(=O)OCC1c2ccccc2-c2ccccc21.